The van der Waals surface area contributed by atoms with Gasteiger partial charge >= 0.3 is 0 Å². The highest BCUT2D eigenvalue weighted by Crippen LogP contribution is 2.49. The fraction of sp³-hybridized carbons (Fsp3) is 0.176. The van der Waals surface area contributed by atoms with Gasteiger partial charge in [0.25, 0.3) is 0 Å². The highest BCUT2D eigenvalue weighted by Gasteiger charge is 2.45. The van der Waals surface area contributed by atoms with Crippen molar-refractivity contribution in [3.05, 3.63) is 64.9 Å². The highest BCUT2D eigenvalue weighted by atomic mass is 35.5. The first-order valence-electron chi connectivity index (χ1n) is 6.97. The zero-order valence-corrected chi connectivity index (χ0v) is 12.0. The molecule has 1 heterocycles. The molecule has 3 nitrogen and oxygen atoms in total. The molecule has 4 rings (SSSR count). The van der Waals surface area contributed by atoms with Gasteiger partial charge in [0.15, 0.2) is 5.82 Å². The third-order valence-corrected chi connectivity index (χ3v) is 4.30. The summed E-state index contributed by atoms with van der Waals surface area (Å²) >= 11 is 5.89. The van der Waals surface area contributed by atoms with Crippen LogP contribution in [0.3, 0.4) is 0 Å². The Hall–Kier alpha value is -2.13. The number of Topliss-reactive ketones (excluding diaryl/α,β-unsaturated/α-hetero) is 1. The lowest BCUT2D eigenvalue weighted by molar-refractivity contribution is 0.0956. The normalized spacial score (nSPS) is 20.6. The van der Waals surface area contributed by atoms with E-state index in [-0.39, 0.29) is 11.7 Å². The van der Waals surface area contributed by atoms with Crippen molar-refractivity contribution < 1.29 is 4.79 Å². The van der Waals surface area contributed by atoms with Gasteiger partial charge in [-0.2, -0.15) is 0 Å². The molecule has 21 heavy (non-hydrogen) atoms. The van der Waals surface area contributed by atoms with Crippen molar-refractivity contribution >= 4 is 28.4 Å². The van der Waals surface area contributed by atoms with Gasteiger partial charge < -0.3 is 4.98 Å². The minimum absolute atomic E-state index is 0.0340. The molecule has 104 valence electrons. The number of nitrogens with zero attached hydrogens (tertiary/aromatic N) is 1. The van der Waals surface area contributed by atoms with Crippen LogP contribution in [0.5, 0.6) is 0 Å². The van der Waals surface area contributed by atoms with Gasteiger partial charge in [0, 0.05) is 10.9 Å². The lowest BCUT2D eigenvalue weighted by atomic mass is 10.1. The number of nitrogens with one attached hydrogen (secondary N) is 1. The van der Waals surface area contributed by atoms with Crippen LogP contribution in [0.15, 0.2) is 48.5 Å². The number of benzene rings is 2. The molecule has 2 atom stereocenters. The molecule has 0 spiro atoms. The molecule has 2 aromatic carbocycles. The number of fused-ring (bicyclic) bond motifs is 1. The third kappa shape index (κ3) is 2.24. The molecule has 0 amide bonds. The third-order valence-electron chi connectivity index (χ3n) is 4.05. The van der Waals surface area contributed by atoms with Gasteiger partial charge in [0.1, 0.15) is 0 Å². The molecule has 0 bridgehead atoms. The first-order valence-corrected chi connectivity index (χ1v) is 7.34. The maximum absolute atomic E-state index is 12.5. The number of carbonyl (C=O) groups is 1. The Morgan fingerprint density at radius 1 is 1.14 bits per heavy atom. The van der Waals surface area contributed by atoms with E-state index in [2.05, 4.69) is 9.97 Å². The van der Waals surface area contributed by atoms with Crippen LogP contribution in [0.1, 0.15) is 28.5 Å². The van der Waals surface area contributed by atoms with Gasteiger partial charge in [-0.25, -0.2) is 4.98 Å². The van der Waals surface area contributed by atoms with E-state index in [0.717, 1.165) is 22.5 Å². The van der Waals surface area contributed by atoms with Gasteiger partial charge in [-0.05, 0) is 42.2 Å². The van der Waals surface area contributed by atoms with Crippen LogP contribution in [0.25, 0.3) is 11.0 Å². The van der Waals surface area contributed by atoms with Crippen molar-refractivity contribution in [1.29, 1.82) is 0 Å². The molecule has 1 aliphatic carbocycles. The van der Waals surface area contributed by atoms with Crippen molar-refractivity contribution in [2.45, 2.75) is 12.3 Å². The first-order chi connectivity index (χ1) is 10.2. The molecular formula is C17H13ClN2O. The summed E-state index contributed by atoms with van der Waals surface area (Å²) in [6.45, 7) is 0. The largest absolute Gasteiger partial charge is 0.335 e. The fourth-order valence-corrected chi connectivity index (χ4v) is 2.93. The molecule has 0 unspecified atom stereocenters. The Morgan fingerprint density at radius 3 is 2.67 bits per heavy atom. The molecule has 1 N–H and O–H groups in total. The van der Waals surface area contributed by atoms with Gasteiger partial charge in [-0.1, -0.05) is 35.9 Å². The number of ketones is 1. The van der Waals surface area contributed by atoms with Crippen LogP contribution in [0.2, 0.25) is 5.02 Å². The number of hydrogen-bond acceptors (Lipinski definition) is 2. The number of carbonyl (C=O) groups excluding carboxylic acids is 1. The number of hydrogen-bond donors (Lipinski definition) is 1. The molecule has 1 fully saturated rings. The van der Waals surface area contributed by atoms with Crippen molar-refractivity contribution in [2.75, 3.05) is 0 Å². The summed E-state index contributed by atoms with van der Waals surface area (Å²) in [5.41, 5.74) is 2.92. The van der Waals surface area contributed by atoms with E-state index < -0.39 is 0 Å². The van der Waals surface area contributed by atoms with Crippen LogP contribution in [0.4, 0.5) is 0 Å². The minimum Gasteiger partial charge on any atom is -0.335 e. The van der Waals surface area contributed by atoms with Gasteiger partial charge in [0.05, 0.1) is 11.0 Å². The quantitative estimate of drug-likeness (QED) is 0.736. The standard InChI is InChI=1S/C17H13ClN2O/c18-11-7-5-10(6-8-11)12-9-13(12)16(21)17-19-14-3-1-2-4-15(14)20-17/h1-8,12-13H,9H2,(H,19,20)/t12-,13-/m0/s1. The molecule has 3 aromatic rings. The molecule has 1 aliphatic rings. The molecule has 0 aliphatic heterocycles. The Kier molecular flexibility index (Phi) is 2.82. The summed E-state index contributed by atoms with van der Waals surface area (Å²) in [6.07, 6.45) is 0.886. The van der Waals surface area contributed by atoms with E-state index in [9.17, 15) is 4.79 Å². The summed E-state index contributed by atoms with van der Waals surface area (Å²) in [5, 5.41) is 0.722. The summed E-state index contributed by atoms with van der Waals surface area (Å²) in [4.78, 5) is 20.0. The number of H-pyrrole nitrogens is 1. The van der Waals surface area contributed by atoms with E-state index in [1.54, 1.807) is 0 Å². The zero-order chi connectivity index (χ0) is 14.4. The SMILES string of the molecule is O=C(c1nc2ccccc2[nH]1)[C@H]1C[C@H]1c1ccc(Cl)cc1. The van der Waals surface area contributed by atoms with E-state index >= 15 is 0 Å². The predicted molar refractivity (Wildman–Crippen MR) is 82.7 cm³/mol. The van der Waals surface area contributed by atoms with Crippen molar-refractivity contribution in [1.82, 2.24) is 9.97 Å². The zero-order valence-electron chi connectivity index (χ0n) is 11.2. The molecular weight excluding hydrogens is 284 g/mol. The average Bonchev–Trinajstić information content (AvgIpc) is 3.18. The molecule has 1 aromatic heterocycles. The predicted octanol–water partition coefficient (Wildman–Crippen LogP) is 4.20. The number of rotatable bonds is 3. The van der Waals surface area contributed by atoms with E-state index in [0.29, 0.717) is 11.7 Å². The Bertz CT molecular complexity index is 789. The molecule has 4 heteroatoms. The lowest BCUT2D eigenvalue weighted by Crippen LogP contribution is -2.05. The number of para-hydroxylation sites is 2. The maximum Gasteiger partial charge on any atom is 0.201 e. The second-order valence-electron chi connectivity index (χ2n) is 5.47. The monoisotopic (exact) mass is 296 g/mol. The summed E-state index contributed by atoms with van der Waals surface area (Å²) in [5.74, 6) is 0.901. The summed E-state index contributed by atoms with van der Waals surface area (Å²) in [6, 6.07) is 15.4. The molecule has 0 radical (unpaired) electrons. The number of halogens is 1. The maximum atomic E-state index is 12.5. The average molecular weight is 297 g/mol. The van der Waals surface area contributed by atoms with Crippen LogP contribution in [0, 0.1) is 5.92 Å². The lowest BCUT2D eigenvalue weighted by Gasteiger charge is -1.99. The second kappa shape index (κ2) is 4.71. The van der Waals surface area contributed by atoms with Crippen LogP contribution < -0.4 is 0 Å². The molecule has 0 saturated heterocycles. The minimum atomic E-state index is 0.0340. The first kappa shape index (κ1) is 12.6. The Balaban J connectivity index is 1.57. The smallest absolute Gasteiger partial charge is 0.201 e. The highest BCUT2D eigenvalue weighted by molar-refractivity contribution is 6.30. The van der Waals surface area contributed by atoms with E-state index in [1.165, 1.54) is 5.56 Å². The second-order valence-corrected chi connectivity index (χ2v) is 5.90. The topological polar surface area (TPSA) is 45.8 Å². The van der Waals surface area contributed by atoms with E-state index in [4.69, 9.17) is 11.6 Å². The Labute approximate surface area is 127 Å². The van der Waals surface area contributed by atoms with Crippen molar-refractivity contribution in [2.24, 2.45) is 5.92 Å². The number of imidazole rings is 1. The summed E-state index contributed by atoms with van der Waals surface area (Å²) < 4.78 is 0. The van der Waals surface area contributed by atoms with Crippen molar-refractivity contribution in [3.63, 3.8) is 0 Å². The number of aromatic amines is 1. The van der Waals surface area contributed by atoms with Crippen LogP contribution >= 0.6 is 11.6 Å². The van der Waals surface area contributed by atoms with Crippen LogP contribution in [-0.2, 0) is 0 Å². The van der Waals surface area contributed by atoms with Gasteiger partial charge in [0.2, 0.25) is 5.78 Å². The fourth-order valence-electron chi connectivity index (χ4n) is 2.81. The van der Waals surface area contributed by atoms with Gasteiger partial charge in [-0.15, -0.1) is 0 Å². The number of aromatic nitrogens is 2. The Morgan fingerprint density at radius 2 is 1.90 bits per heavy atom. The van der Waals surface area contributed by atoms with Gasteiger partial charge in [-0.3, -0.25) is 4.79 Å². The summed E-state index contributed by atoms with van der Waals surface area (Å²) in [7, 11) is 0. The van der Waals surface area contributed by atoms with Crippen molar-refractivity contribution in [3.8, 4) is 0 Å². The van der Waals surface area contributed by atoms with Crippen LogP contribution in [-0.4, -0.2) is 15.8 Å². The molecule has 1 saturated carbocycles. The van der Waals surface area contributed by atoms with E-state index in [1.807, 2.05) is 48.5 Å².